The van der Waals surface area contributed by atoms with Gasteiger partial charge in [-0.05, 0) is 24.7 Å². The number of hydrogen-bond donors (Lipinski definition) is 2. The van der Waals surface area contributed by atoms with Crippen LogP contribution in [0.1, 0.15) is 11.6 Å². The molecule has 1 saturated heterocycles. The van der Waals surface area contributed by atoms with Gasteiger partial charge in [0.05, 0.1) is 18.8 Å². The first-order valence-corrected chi connectivity index (χ1v) is 5.31. The van der Waals surface area contributed by atoms with Gasteiger partial charge in [0.15, 0.2) is 0 Å². The number of nitrogens with one attached hydrogen (secondary N) is 2. The lowest BCUT2D eigenvalue weighted by molar-refractivity contribution is 0.00536. The Balaban J connectivity index is 2.09. The molecule has 0 aliphatic carbocycles. The second-order valence-electron chi connectivity index (χ2n) is 3.66. The van der Waals surface area contributed by atoms with Crippen molar-refractivity contribution in [2.75, 3.05) is 26.7 Å². The first-order valence-electron chi connectivity index (χ1n) is 5.31. The first kappa shape index (κ1) is 10.5. The number of rotatable bonds is 3. The van der Waals surface area contributed by atoms with Gasteiger partial charge in [0.25, 0.3) is 0 Å². The molecule has 1 aliphatic rings. The van der Waals surface area contributed by atoms with E-state index in [1.54, 1.807) is 0 Å². The fraction of sp³-hybridized carbons (Fsp3) is 0.545. The van der Waals surface area contributed by atoms with Crippen molar-refractivity contribution in [1.29, 1.82) is 0 Å². The van der Waals surface area contributed by atoms with Crippen LogP contribution in [-0.4, -0.2) is 37.8 Å². The van der Waals surface area contributed by atoms with Gasteiger partial charge in [-0.1, -0.05) is 0 Å². The summed E-state index contributed by atoms with van der Waals surface area (Å²) in [5.74, 6) is 0. The highest BCUT2D eigenvalue weighted by molar-refractivity contribution is 5.16. The molecular weight excluding hydrogens is 190 g/mol. The standard InChI is InChI=1S/C11H17N3O/c1-12-11(9-2-4-13-5-3-9)10-8-14-6-7-15-10/h2-5,10-12,14H,6-8H2,1H3. The number of likely N-dealkylation sites (N-methyl/N-ethyl adjacent to an activating group) is 1. The minimum absolute atomic E-state index is 0.200. The SMILES string of the molecule is CNC(c1ccncc1)C1CNCCO1. The number of aromatic nitrogens is 1. The Morgan fingerprint density at radius 2 is 2.33 bits per heavy atom. The van der Waals surface area contributed by atoms with E-state index in [1.807, 2.05) is 31.6 Å². The summed E-state index contributed by atoms with van der Waals surface area (Å²) in [6, 6.07) is 4.29. The maximum absolute atomic E-state index is 5.74. The summed E-state index contributed by atoms with van der Waals surface area (Å²) in [5, 5.41) is 6.63. The van der Waals surface area contributed by atoms with Crippen molar-refractivity contribution in [3.05, 3.63) is 30.1 Å². The fourth-order valence-corrected chi connectivity index (χ4v) is 1.94. The fourth-order valence-electron chi connectivity index (χ4n) is 1.94. The number of pyridine rings is 1. The predicted octanol–water partition coefficient (Wildman–Crippen LogP) is 0.330. The number of ether oxygens (including phenoxy) is 1. The van der Waals surface area contributed by atoms with Crippen LogP contribution in [0.25, 0.3) is 0 Å². The lowest BCUT2D eigenvalue weighted by Crippen LogP contribution is -2.45. The molecule has 4 nitrogen and oxygen atoms in total. The molecule has 0 saturated carbocycles. The summed E-state index contributed by atoms with van der Waals surface area (Å²) in [5.41, 5.74) is 1.22. The molecule has 2 N–H and O–H groups in total. The van der Waals surface area contributed by atoms with Gasteiger partial charge in [-0.2, -0.15) is 0 Å². The number of nitrogens with zero attached hydrogens (tertiary/aromatic N) is 1. The molecule has 1 aromatic heterocycles. The summed E-state index contributed by atoms with van der Waals surface area (Å²) < 4.78 is 5.74. The van der Waals surface area contributed by atoms with E-state index >= 15 is 0 Å². The second kappa shape index (κ2) is 5.21. The molecule has 2 unspecified atom stereocenters. The summed E-state index contributed by atoms with van der Waals surface area (Å²) in [7, 11) is 1.96. The van der Waals surface area contributed by atoms with E-state index in [4.69, 9.17) is 4.74 Å². The monoisotopic (exact) mass is 207 g/mol. The molecule has 0 radical (unpaired) electrons. The van der Waals surface area contributed by atoms with Gasteiger partial charge in [0.2, 0.25) is 0 Å². The largest absolute Gasteiger partial charge is 0.374 e. The quantitative estimate of drug-likeness (QED) is 0.750. The minimum Gasteiger partial charge on any atom is -0.374 e. The third kappa shape index (κ3) is 2.53. The van der Waals surface area contributed by atoms with E-state index in [0.717, 1.165) is 19.7 Å². The zero-order valence-electron chi connectivity index (χ0n) is 8.94. The van der Waals surface area contributed by atoms with Crippen LogP contribution in [0.5, 0.6) is 0 Å². The molecule has 2 heterocycles. The summed E-state index contributed by atoms with van der Waals surface area (Å²) in [6.45, 7) is 2.63. The first-order chi connectivity index (χ1) is 7.42. The van der Waals surface area contributed by atoms with E-state index in [-0.39, 0.29) is 12.1 Å². The molecule has 4 heteroatoms. The van der Waals surface area contributed by atoms with Crippen LogP contribution in [-0.2, 0) is 4.74 Å². The van der Waals surface area contributed by atoms with Crippen molar-refractivity contribution in [1.82, 2.24) is 15.6 Å². The van der Waals surface area contributed by atoms with E-state index in [0.29, 0.717) is 0 Å². The van der Waals surface area contributed by atoms with Crippen LogP contribution >= 0.6 is 0 Å². The Kier molecular flexibility index (Phi) is 3.66. The van der Waals surface area contributed by atoms with Crippen LogP contribution < -0.4 is 10.6 Å². The van der Waals surface area contributed by atoms with E-state index in [1.165, 1.54) is 5.56 Å². The Bertz CT molecular complexity index is 285. The molecule has 1 fully saturated rings. The average Bonchev–Trinajstić information content (AvgIpc) is 2.33. The molecule has 1 aromatic rings. The highest BCUT2D eigenvalue weighted by atomic mass is 16.5. The Morgan fingerprint density at radius 3 is 2.93 bits per heavy atom. The molecule has 2 rings (SSSR count). The van der Waals surface area contributed by atoms with Crippen LogP contribution in [0.2, 0.25) is 0 Å². The summed E-state index contributed by atoms with van der Waals surface area (Å²) in [4.78, 5) is 4.02. The topological polar surface area (TPSA) is 46.2 Å². The molecule has 82 valence electrons. The highest BCUT2D eigenvalue weighted by Gasteiger charge is 2.24. The van der Waals surface area contributed by atoms with Crippen LogP contribution in [0.15, 0.2) is 24.5 Å². The van der Waals surface area contributed by atoms with Crippen molar-refractivity contribution < 1.29 is 4.74 Å². The normalized spacial score (nSPS) is 23.7. The third-order valence-electron chi connectivity index (χ3n) is 2.70. The maximum Gasteiger partial charge on any atom is 0.0894 e. The third-order valence-corrected chi connectivity index (χ3v) is 2.70. The summed E-state index contributed by atoms with van der Waals surface area (Å²) >= 11 is 0. The van der Waals surface area contributed by atoms with Gasteiger partial charge in [-0.3, -0.25) is 4.98 Å². The van der Waals surface area contributed by atoms with Crippen LogP contribution in [0.3, 0.4) is 0 Å². The maximum atomic E-state index is 5.74. The average molecular weight is 207 g/mol. The predicted molar refractivity (Wildman–Crippen MR) is 58.6 cm³/mol. The smallest absolute Gasteiger partial charge is 0.0894 e. The van der Waals surface area contributed by atoms with Crippen molar-refractivity contribution in [2.24, 2.45) is 0 Å². The lowest BCUT2D eigenvalue weighted by atomic mass is 10.0. The molecule has 0 aromatic carbocycles. The van der Waals surface area contributed by atoms with Crippen molar-refractivity contribution >= 4 is 0 Å². The van der Waals surface area contributed by atoms with Gasteiger partial charge >= 0.3 is 0 Å². The van der Waals surface area contributed by atoms with Crippen molar-refractivity contribution in [3.8, 4) is 0 Å². The zero-order chi connectivity index (χ0) is 10.5. The number of morpholine rings is 1. The van der Waals surface area contributed by atoms with Gasteiger partial charge in [-0.25, -0.2) is 0 Å². The van der Waals surface area contributed by atoms with Crippen LogP contribution in [0, 0.1) is 0 Å². The molecule has 1 aliphatic heterocycles. The van der Waals surface area contributed by atoms with E-state index in [9.17, 15) is 0 Å². The molecule has 15 heavy (non-hydrogen) atoms. The molecule has 0 amide bonds. The zero-order valence-corrected chi connectivity index (χ0v) is 8.94. The second-order valence-corrected chi connectivity index (χ2v) is 3.66. The Labute approximate surface area is 90.0 Å². The molecule has 0 spiro atoms. The van der Waals surface area contributed by atoms with Crippen LogP contribution in [0.4, 0.5) is 0 Å². The lowest BCUT2D eigenvalue weighted by Gasteiger charge is -2.31. The van der Waals surface area contributed by atoms with Gasteiger partial charge < -0.3 is 15.4 Å². The number of hydrogen-bond acceptors (Lipinski definition) is 4. The molecular formula is C11H17N3O. The Morgan fingerprint density at radius 1 is 1.53 bits per heavy atom. The molecule has 0 bridgehead atoms. The van der Waals surface area contributed by atoms with Crippen molar-refractivity contribution in [3.63, 3.8) is 0 Å². The van der Waals surface area contributed by atoms with Crippen molar-refractivity contribution in [2.45, 2.75) is 12.1 Å². The summed E-state index contributed by atoms with van der Waals surface area (Å²) in [6.07, 6.45) is 3.83. The molecule has 2 atom stereocenters. The Hall–Kier alpha value is -0.970. The minimum atomic E-state index is 0.200. The van der Waals surface area contributed by atoms with Gasteiger partial charge in [0, 0.05) is 25.5 Å². The van der Waals surface area contributed by atoms with Gasteiger partial charge in [-0.15, -0.1) is 0 Å². The van der Waals surface area contributed by atoms with Gasteiger partial charge in [0.1, 0.15) is 0 Å². The van der Waals surface area contributed by atoms with E-state index < -0.39 is 0 Å². The van der Waals surface area contributed by atoms with E-state index in [2.05, 4.69) is 15.6 Å². The highest BCUT2D eigenvalue weighted by Crippen LogP contribution is 2.18.